The number of aliphatic hydroxyl groups is 1. The van der Waals surface area contributed by atoms with Gasteiger partial charge in [0, 0.05) is 37.7 Å². The molecule has 1 saturated carbocycles. The average Bonchev–Trinajstić information content (AvgIpc) is 2.75. The first-order chi connectivity index (χ1) is 15.7. The van der Waals surface area contributed by atoms with Crippen LogP contribution in [0.15, 0.2) is 28.4 Å². The predicted octanol–water partition coefficient (Wildman–Crippen LogP) is 3.33. The van der Waals surface area contributed by atoms with Crippen LogP contribution in [0, 0.1) is 0 Å². The van der Waals surface area contributed by atoms with E-state index in [-0.39, 0.29) is 29.2 Å². The maximum atomic E-state index is 12.5. The highest BCUT2D eigenvalue weighted by atomic mass is 32.2. The lowest BCUT2D eigenvalue weighted by molar-refractivity contribution is -0.0328. The molecule has 0 aromatic carbocycles. The molecule has 2 aromatic heterocycles. The molecule has 0 bridgehead atoms. The molecule has 0 spiro atoms. The molecule has 2 aliphatic rings. The van der Waals surface area contributed by atoms with E-state index in [1.807, 2.05) is 4.90 Å². The van der Waals surface area contributed by atoms with Gasteiger partial charge < -0.3 is 15.3 Å². The molecule has 2 N–H and O–H groups in total. The summed E-state index contributed by atoms with van der Waals surface area (Å²) in [5.41, 5.74) is -4.79. The zero-order valence-corrected chi connectivity index (χ0v) is 19.6. The first kappa shape index (κ1) is 24.1. The Labute approximate surface area is 196 Å². The Morgan fingerprint density at radius 3 is 2.39 bits per heavy atom. The van der Waals surface area contributed by atoms with E-state index >= 15 is 0 Å². The van der Waals surface area contributed by atoms with Crippen molar-refractivity contribution in [2.75, 3.05) is 36.2 Å². The van der Waals surface area contributed by atoms with Crippen LogP contribution in [0.2, 0.25) is 0 Å². The molecule has 0 unspecified atom stereocenters. The van der Waals surface area contributed by atoms with Crippen LogP contribution in [0.25, 0.3) is 0 Å². The molecule has 1 saturated heterocycles. The third kappa shape index (κ3) is 5.75. The van der Waals surface area contributed by atoms with Gasteiger partial charge in [0.05, 0.1) is 38.9 Å². The second-order valence-electron chi connectivity index (χ2n) is 8.34. The summed E-state index contributed by atoms with van der Waals surface area (Å²) < 4.78 is 49.6. The van der Waals surface area contributed by atoms with Gasteiger partial charge in [-0.2, -0.15) is 18.2 Å². The van der Waals surface area contributed by atoms with Gasteiger partial charge in [0.2, 0.25) is 5.95 Å². The first-order valence-corrected chi connectivity index (χ1v) is 13.0. The Bertz CT molecular complexity index is 991. The van der Waals surface area contributed by atoms with Gasteiger partial charge in [0.25, 0.3) is 0 Å². The molecule has 180 valence electrons. The van der Waals surface area contributed by atoms with E-state index in [0.29, 0.717) is 48.4 Å². The number of anilines is 2. The van der Waals surface area contributed by atoms with Gasteiger partial charge in [-0.3, -0.25) is 4.21 Å². The van der Waals surface area contributed by atoms with Gasteiger partial charge >= 0.3 is 5.51 Å². The van der Waals surface area contributed by atoms with Gasteiger partial charge in [-0.05, 0) is 43.9 Å². The number of hydrogen-bond donors (Lipinski definition) is 2. The minimum absolute atomic E-state index is 0.0201. The quantitative estimate of drug-likeness (QED) is 0.552. The zero-order chi connectivity index (χ0) is 23.6. The third-order valence-electron chi connectivity index (χ3n) is 6.07. The number of rotatable bonds is 7. The third-order valence-corrected chi connectivity index (χ3v) is 7.67. The van der Waals surface area contributed by atoms with Gasteiger partial charge in [0.1, 0.15) is 11.6 Å². The van der Waals surface area contributed by atoms with E-state index in [1.54, 1.807) is 12.5 Å². The summed E-state index contributed by atoms with van der Waals surface area (Å²) in [5, 5.41) is 13.1. The van der Waals surface area contributed by atoms with E-state index in [9.17, 15) is 22.5 Å². The zero-order valence-electron chi connectivity index (χ0n) is 18.0. The molecule has 1 aliphatic carbocycles. The standard InChI is InChI=1S/C20H25F3N6O2S2/c1-33(31)15-11-26-18(27-17(15)28-19(12-30)5-2-6-19)29-7-3-13(4-8-29)16-24-9-14(10-25-16)32-20(21,22)23/h9-11,13,30H,2-8,12H2,1H3,(H,26,27,28)/t33-/m1/s1. The molecule has 3 heterocycles. The van der Waals surface area contributed by atoms with Crippen LogP contribution in [0.5, 0.6) is 0 Å². The lowest BCUT2D eigenvalue weighted by Gasteiger charge is -2.41. The van der Waals surface area contributed by atoms with Gasteiger partial charge in [-0.15, -0.1) is 0 Å². The van der Waals surface area contributed by atoms with Crippen molar-refractivity contribution in [2.45, 2.75) is 58.9 Å². The Balaban J connectivity index is 1.43. The lowest BCUT2D eigenvalue weighted by Crippen LogP contribution is -2.48. The highest BCUT2D eigenvalue weighted by molar-refractivity contribution is 8.00. The van der Waals surface area contributed by atoms with Crippen molar-refractivity contribution in [3.8, 4) is 0 Å². The predicted molar refractivity (Wildman–Crippen MR) is 120 cm³/mol. The van der Waals surface area contributed by atoms with E-state index in [1.165, 1.54) is 12.4 Å². The molecule has 1 atom stereocenters. The molecule has 2 aromatic rings. The van der Waals surface area contributed by atoms with Gasteiger partial charge in [0.15, 0.2) is 0 Å². The molecule has 2 fully saturated rings. The molecule has 4 rings (SSSR count). The molecule has 8 nitrogen and oxygen atoms in total. The monoisotopic (exact) mass is 502 g/mol. The molecule has 33 heavy (non-hydrogen) atoms. The number of piperidine rings is 1. The van der Waals surface area contributed by atoms with E-state index in [0.717, 1.165) is 19.3 Å². The molecular weight excluding hydrogens is 477 g/mol. The highest BCUT2D eigenvalue weighted by Crippen LogP contribution is 2.38. The van der Waals surface area contributed by atoms with Crippen LogP contribution in [0.3, 0.4) is 0 Å². The van der Waals surface area contributed by atoms with Crippen molar-refractivity contribution in [1.82, 2.24) is 19.9 Å². The molecule has 1 aliphatic heterocycles. The highest BCUT2D eigenvalue weighted by Gasteiger charge is 2.37. The number of nitrogens with one attached hydrogen (secondary N) is 1. The van der Waals surface area contributed by atoms with Gasteiger partial charge in [-0.25, -0.2) is 15.0 Å². The van der Waals surface area contributed by atoms with Crippen LogP contribution in [0.1, 0.15) is 43.8 Å². The van der Waals surface area contributed by atoms with Gasteiger partial charge in [-0.1, -0.05) is 0 Å². The van der Waals surface area contributed by atoms with E-state index in [2.05, 4.69) is 25.3 Å². The minimum atomic E-state index is -4.36. The SMILES string of the molecule is C[S@@](=O)c1cnc(N2CCC(c3ncc(SC(F)(F)F)cn3)CC2)nc1NC1(CO)CCC1. The normalized spacial score (nSPS) is 19.7. The summed E-state index contributed by atoms with van der Waals surface area (Å²) in [7, 11) is -1.28. The maximum Gasteiger partial charge on any atom is 0.446 e. The largest absolute Gasteiger partial charge is 0.446 e. The summed E-state index contributed by atoms with van der Waals surface area (Å²) in [6.45, 7) is 1.24. The fourth-order valence-corrected chi connectivity index (χ4v) is 5.10. The number of nitrogens with zero attached hydrogens (tertiary/aromatic N) is 5. The van der Waals surface area contributed by atoms with Crippen LogP contribution < -0.4 is 10.2 Å². The number of thioether (sulfide) groups is 1. The number of halogens is 3. The van der Waals surface area contributed by atoms with Crippen LogP contribution in [-0.2, 0) is 10.8 Å². The van der Waals surface area contributed by atoms with Crippen LogP contribution in [0.4, 0.5) is 24.9 Å². The van der Waals surface area contributed by atoms with Crippen molar-refractivity contribution in [2.24, 2.45) is 0 Å². The van der Waals surface area contributed by atoms with Crippen molar-refractivity contribution < 1.29 is 22.5 Å². The van der Waals surface area contributed by atoms with Crippen LogP contribution >= 0.6 is 11.8 Å². The summed E-state index contributed by atoms with van der Waals surface area (Å²) in [6, 6.07) is 0. The number of aliphatic hydroxyl groups excluding tert-OH is 1. The Hall–Kier alpha value is -1.99. The van der Waals surface area contributed by atoms with E-state index in [4.69, 9.17) is 0 Å². The maximum absolute atomic E-state index is 12.5. The Morgan fingerprint density at radius 1 is 1.21 bits per heavy atom. The Kier molecular flexibility index (Phi) is 7.10. The molecular formula is C20H25F3N6O2S2. The fourth-order valence-electron chi connectivity index (χ4n) is 4.05. The topological polar surface area (TPSA) is 104 Å². The second-order valence-corrected chi connectivity index (χ2v) is 10.8. The van der Waals surface area contributed by atoms with Crippen molar-refractivity contribution in [3.05, 3.63) is 24.4 Å². The van der Waals surface area contributed by atoms with Crippen molar-refractivity contribution in [3.63, 3.8) is 0 Å². The molecule has 0 amide bonds. The lowest BCUT2D eigenvalue weighted by atomic mass is 9.77. The number of hydrogen-bond acceptors (Lipinski definition) is 9. The Morgan fingerprint density at radius 2 is 1.88 bits per heavy atom. The fraction of sp³-hybridized carbons (Fsp3) is 0.600. The van der Waals surface area contributed by atoms with Crippen LogP contribution in [-0.4, -0.2) is 66.3 Å². The summed E-state index contributed by atoms with van der Waals surface area (Å²) in [6.07, 6.45) is 9.65. The molecule has 0 radical (unpaired) electrons. The van der Waals surface area contributed by atoms with Crippen molar-refractivity contribution in [1.29, 1.82) is 0 Å². The summed E-state index contributed by atoms with van der Waals surface area (Å²) in [5.74, 6) is 1.57. The smallest absolute Gasteiger partial charge is 0.394 e. The number of alkyl halides is 3. The minimum Gasteiger partial charge on any atom is -0.394 e. The van der Waals surface area contributed by atoms with Crippen molar-refractivity contribution >= 4 is 34.3 Å². The van der Waals surface area contributed by atoms with E-state index < -0.39 is 21.8 Å². The summed E-state index contributed by atoms with van der Waals surface area (Å²) in [4.78, 5) is 19.8. The summed E-state index contributed by atoms with van der Waals surface area (Å²) >= 11 is -0.224. The number of aromatic nitrogens is 4. The molecule has 13 heteroatoms. The first-order valence-electron chi connectivity index (χ1n) is 10.6. The second kappa shape index (κ2) is 9.71. The average molecular weight is 503 g/mol.